The van der Waals surface area contributed by atoms with E-state index in [-0.39, 0.29) is 11.7 Å². The molecule has 1 saturated carbocycles. The van der Waals surface area contributed by atoms with Crippen molar-refractivity contribution in [2.45, 2.75) is 29.8 Å². The number of rotatable bonds is 4. The van der Waals surface area contributed by atoms with E-state index in [0.29, 0.717) is 26.8 Å². The third-order valence-electron chi connectivity index (χ3n) is 2.81. The molecule has 0 spiro atoms. The summed E-state index contributed by atoms with van der Waals surface area (Å²) in [6, 6.07) is 3.65. The van der Waals surface area contributed by atoms with Crippen LogP contribution >= 0.6 is 35.0 Å². The lowest BCUT2D eigenvalue weighted by Gasteiger charge is -2.04. The molecule has 1 aliphatic rings. The van der Waals surface area contributed by atoms with Crippen LogP contribution in [-0.2, 0) is 5.75 Å². The summed E-state index contributed by atoms with van der Waals surface area (Å²) in [6.07, 6.45) is 2.06. The SMILES string of the molecule is O=c1[nH]nc(SCc2nc(Cl)ccc2Cl)n1C1CC1. The second-order valence-corrected chi connectivity index (χ2v) is 6.00. The second kappa shape index (κ2) is 5.19. The minimum atomic E-state index is -0.157. The molecule has 0 amide bonds. The molecule has 0 aromatic carbocycles. The molecular weight excluding hydrogens is 307 g/mol. The molecule has 100 valence electrons. The van der Waals surface area contributed by atoms with Gasteiger partial charge in [0, 0.05) is 11.8 Å². The summed E-state index contributed by atoms with van der Waals surface area (Å²) in [7, 11) is 0. The molecule has 1 aliphatic carbocycles. The molecule has 2 aromatic heterocycles. The Balaban J connectivity index is 1.79. The summed E-state index contributed by atoms with van der Waals surface area (Å²) < 4.78 is 1.70. The van der Waals surface area contributed by atoms with Gasteiger partial charge in [-0.05, 0) is 25.0 Å². The number of aromatic nitrogens is 4. The maximum absolute atomic E-state index is 11.6. The summed E-state index contributed by atoms with van der Waals surface area (Å²) >= 11 is 13.3. The number of aromatic amines is 1. The van der Waals surface area contributed by atoms with Crippen molar-refractivity contribution in [3.8, 4) is 0 Å². The summed E-state index contributed by atoms with van der Waals surface area (Å²) in [6.45, 7) is 0. The Bertz CT molecular complexity index is 665. The first-order valence-corrected chi connectivity index (χ1v) is 7.50. The molecule has 0 bridgehead atoms. The molecule has 1 N–H and O–H groups in total. The van der Waals surface area contributed by atoms with Crippen molar-refractivity contribution in [1.29, 1.82) is 0 Å². The zero-order valence-corrected chi connectivity index (χ0v) is 12.1. The Hall–Kier alpha value is -0.980. The number of thioether (sulfide) groups is 1. The lowest BCUT2D eigenvalue weighted by atomic mass is 10.4. The van der Waals surface area contributed by atoms with Crippen LogP contribution in [-0.4, -0.2) is 19.7 Å². The Morgan fingerprint density at radius 1 is 1.42 bits per heavy atom. The maximum Gasteiger partial charge on any atom is 0.344 e. The number of hydrogen-bond donors (Lipinski definition) is 1. The molecule has 0 saturated heterocycles. The first kappa shape index (κ1) is 13.0. The quantitative estimate of drug-likeness (QED) is 0.696. The van der Waals surface area contributed by atoms with Crippen LogP contribution in [0.3, 0.4) is 0 Å². The molecule has 0 aliphatic heterocycles. The van der Waals surface area contributed by atoms with Crippen LogP contribution in [0.5, 0.6) is 0 Å². The van der Waals surface area contributed by atoms with Gasteiger partial charge in [-0.2, -0.15) is 0 Å². The van der Waals surface area contributed by atoms with Crippen LogP contribution in [0.4, 0.5) is 0 Å². The summed E-state index contributed by atoms with van der Waals surface area (Å²) in [5.41, 5.74) is 0.534. The molecule has 2 aromatic rings. The van der Waals surface area contributed by atoms with Crippen molar-refractivity contribution < 1.29 is 0 Å². The maximum atomic E-state index is 11.6. The normalized spacial score (nSPS) is 14.8. The van der Waals surface area contributed by atoms with E-state index in [9.17, 15) is 4.79 Å². The van der Waals surface area contributed by atoms with Crippen LogP contribution in [0.15, 0.2) is 22.1 Å². The lowest BCUT2D eigenvalue weighted by Crippen LogP contribution is -2.16. The Kier molecular flexibility index (Phi) is 3.56. The first-order chi connectivity index (χ1) is 9.15. The minimum Gasteiger partial charge on any atom is -0.267 e. The molecule has 1 fully saturated rings. The molecular formula is C11H10Cl2N4OS. The van der Waals surface area contributed by atoms with Gasteiger partial charge in [0.25, 0.3) is 0 Å². The third-order valence-corrected chi connectivity index (χ3v) is 4.33. The highest BCUT2D eigenvalue weighted by atomic mass is 35.5. The highest BCUT2D eigenvalue weighted by Crippen LogP contribution is 2.36. The van der Waals surface area contributed by atoms with Crippen LogP contribution in [0, 0.1) is 0 Å². The minimum absolute atomic E-state index is 0.157. The van der Waals surface area contributed by atoms with E-state index >= 15 is 0 Å². The predicted octanol–water partition coefficient (Wildman–Crippen LogP) is 2.90. The van der Waals surface area contributed by atoms with Gasteiger partial charge < -0.3 is 0 Å². The number of H-pyrrole nitrogens is 1. The smallest absolute Gasteiger partial charge is 0.267 e. The zero-order valence-electron chi connectivity index (χ0n) is 9.77. The van der Waals surface area contributed by atoms with Crippen molar-refractivity contribution in [1.82, 2.24) is 19.7 Å². The Morgan fingerprint density at radius 3 is 2.95 bits per heavy atom. The molecule has 5 nitrogen and oxygen atoms in total. The van der Waals surface area contributed by atoms with Crippen LogP contribution < -0.4 is 5.69 Å². The monoisotopic (exact) mass is 316 g/mol. The van der Waals surface area contributed by atoms with E-state index in [1.807, 2.05) is 0 Å². The summed E-state index contributed by atoms with van der Waals surface area (Å²) in [5, 5.41) is 8.15. The number of nitrogens with one attached hydrogen (secondary N) is 1. The van der Waals surface area contributed by atoms with E-state index in [1.165, 1.54) is 11.8 Å². The van der Waals surface area contributed by atoms with Gasteiger partial charge in [-0.25, -0.2) is 14.9 Å². The van der Waals surface area contributed by atoms with Gasteiger partial charge in [0.2, 0.25) is 0 Å². The largest absolute Gasteiger partial charge is 0.344 e. The van der Waals surface area contributed by atoms with Crippen LogP contribution in [0.1, 0.15) is 24.6 Å². The Labute approximate surface area is 123 Å². The molecule has 0 radical (unpaired) electrons. The number of pyridine rings is 1. The first-order valence-electron chi connectivity index (χ1n) is 5.76. The standard InChI is InChI=1S/C11H10Cl2N4OS/c12-7-3-4-9(13)14-8(7)5-19-11-16-15-10(18)17(11)6-1-2-6/h3-4,6H,1-2,5H2,(H,15,18). The van der Waals surface area contributed by atoms with Crippen molar-refractivity contribution in [2.75, 3.05) is 0 Å². The second-order valence-electron chi connectivity index (χ2n) is 4.26. The lowest BCUT2D eigenvalue weighted by molar-refractivity contribution is 0.642. The molecule has 8 heteroatoms. The molecule has 19 heavy (non-hydrogen) atoms. The van der Waals surface area contributed by atoms with Crippen molar-refractivity contribution >= 4 is 35.0 Å². The highest BCUT2D eigenvalue weighted by molar-refractivity contribution is 7.98. The van der Waals surface area contributed by atoms with Crippen molar-refractivity contribution in [2.24, 2.45) is 0 Å². The van der Waals surface area contributed by atoms with Gasteiger partial charge in [0.15, 0.2) is 5.16 Å². The van der Waals surface area contributed by atoms with Crippen LogP contribution in [0.25, 0.3) is 0 Å². The van der Waals surface area contributed by atoms with E-state index < -0.39 is 0 Å². The zero-order chi connectivity index (χ0) is 13.4. The third kappa shape index (κ3) is 2.80. The van der Waals surface area contributed by atoms with Gasteiger partial charge >= 0.3 is 5.69 Å². The predicted molar refractivity (Wildman–Crippen MR) is 74.9 cm³/mol. The molecule has 3 rings (SSSR count). The van der Waals surface area contributed by atoms with Crippen molar-refractivity contribution in [3.05, 3.63) is 38.5 Å². The molecule has 0 unspecified atom stereocenters. The number of hydrogen-bond acceptors (Lipinski definition) is 4. The van der Waals surface area contributed by atoms with Gasteiger partial charge in [-0.3, -0.25) is 4.57 Å². The number of nitrogens with zero attached hydrogens (tertiary/aromatic N) is 3. The molecule has 2 heterocycles. The average Bonchev–Trinajstić information content (AvgIpc) is 3.15. The van der Waals surface area contributed by atoms with E-state index in [1.54, 1.807) is 16.7 Å². The summed E-state index contributed by atoms with van der Waals surface area (Å²) in [4.78, 5) is 15.8. The fraction of sp³-hybridized carbons (Fsp3) is 0.364. The van der Waals surface area contributed by atoms with Crippen molar-refractivity contribution in [3.63, 3.8) is 0 Å². The average molecular weight is 317 g/mol. The highest BCUT2D eigenvalue weighted by Gasteiger charge is 2.28. The topological polar surface area (TPSA) is 63.6 Å². The van der Waals surface area contributed by atoms with Crippen LogP contribution in [0.2, 0.25) is 10.2 Å². The van der Waals surface area contributed by atoms with E-state index in [4.69, 9.17) is 23.2 Å². The number of halogens is 2. The van der Waals surface area contributed by atoms with E-state index in [0.717, 1.165) is 12.8 Å². The fourth-order valence-corrected chi connectivity index (χ4v) is 3.12. The van der Waals surface area contributed by atoms with Gasteiger partial charge in [-0.1, -0.05) is 35.0 Å². The molecule has 0 atom stereocenters. The van der Waals surface area contributed by atoms with E-state index in [2.05, 4.69) is 15.2 Å². The van der Waals surface area contributed by atoms with Gasteiger partial charge in [0.05, 0.1) is 10.7 Å². The van der Waals surface area contributed by atoms with Gasteiger partial charge in [0.1, 0.15) is 5.15 Å². The van der Waals surface area contributed by atoms with Gasteiger partial charge in [-0.15, -0.1) is 5.10 Å². The fourth-order valence-electron chi connectivity index (χ4n) is 1.74. The summed E-state index contributed by atoms with van der Waals surface area (Å²) in [5.74, 6) is 0.524. The Morgan fingerprint density at radius 2 is 2.21 bits per heavy atom.